The molecule has 1 amide bonds. The van der Waals surface area contributed by atoms with E-state index in [4.69, 9.17) is 4.52 Å². The molecule has 1 unspecified atom stereocenters. The van der Waals surface area contributed by atoms with Crippen LogP contribution in [0.25, 0.3) is 11.1 Å². The summed E-state index contributed by atoms with van der Waals surface area (Å²) in [4.78, 5) is 29.6. The van der Waals surface area contributed by atoms with Crippen LogP contribution in [0.5, 0.6) is 0 Å². The summed E-state index contributed by atoms with van der Waals surface area (Å²) in [6.45, 7) is 3.49. The number of carboxylic acids is 1. The molecule has 8 heteroatoms. The molecule has 140 valence electrons. The summed E-state index contributed by atoms with van der Waals surface area (Å²) in [7, 11) is 0. The number of nitrogens with zero attached hydrogens (tertiary/aromatic N) is 2. The number of hydrogen-bond acceptors (Lipinski definition) is 6. The molecule has 0 fully saturated rings. The van der Waals surface area contributed by atoms with Gasteiger partial charge in [-0.1, -0.05) is 17.3 Å². The number of nitrogens with one attached hydrogen (secondary N) is 1. The van der Waals surface area contributed by atoms with Crippen LogP contribution in [0.2, 0.25) is 0 Å². The predicted octanol–water partition coefficient (Wildman–Crippen LogP) is 3.51. The summed E-state index contributed by atoms with van der Waals surface area (Å²) in [5.41, 5.74) is 2.56. The zero-order valence-electron chi connectivity index (χ0n) is 15.1. The fourth-order valence-electron chi connectivity index (χ4n) is 2.90. The summed E-state index contributed by atoms with van der Waals surface area (Å²) in [5, 5.41) is 16.5. The van der Waals surface area contributed by atoms with Gasteiger partial charge in [0, 0.05) is 10.6 Å². The van der Waals surface area contributed by atoms with Crippen LogP contribution in [-0.4, -0.2) is 33.4 Å². The molecule has 1 atom stereocenters. The van der Waals surface area contributed by atoms with Gasteiger partial charge in [-0.25, -0.2) is 4.98 Å². The Bertz CT molecular complexity index is 998. The first-order chi connectivity index (χ1) is 12.9. The van der Waals surface area contributed by atoms with Gasteiger partial charge < -0.3 is 14.9 Å². The van der Waals surface area contributed by atoms with Gasteiger partial charge in [0.15, 0.2) is 0 Å². The van der Waals surface area contributed by atoms with Crippen molar-refractivity contribution in [2.24, 2.45) is 0 Å². The molecule has 0 spiro atoms. The molecule has 2 aromatic heterocycles. The molecule has 2 heterocycles. The molecular formula is C19H19N3O4S. The second-order valence-corrected chi connectivity index (χ2v) is 7.04. The Labute approximate surface area is 160 Å². The van der Waals surface area contributed by atoms with E-state index in [-0.39, 0.29) is 12.1 Å². The second kappa shape index (κ2) is 7.79. The van der Waals surface area contributed by atoms with Crippen molar-refractivity contribution in [3.63, 3.8) is 0 Å². The van der Waals surface area contributed by atoms with Crippen LogP contribution < -0.4 is 5.32 Å². The number of pyridine rings is 1. The Balaban J connectivity index is 1.95. The zero-order chi connectivity index (χ0) is 19.6. The summed E-state index contributed by atoms with van der Waals surface area (Å²) in [6, 6.07) is 8.46. The predicted molar refractivity (Wildman–Crippen MR) is 102 cm³/mol. The number of hydrogen-bond donors (Lipinski definition) is 2. The van der Waals surface area contributed by atoms with Crippen LogP contribution in [0.4, 0.5) is 0 Å². The molecule has 3 aromatic rings. The van der Waals surface area contributed by atoms with Crippen molar-refractivity contribution in [2.75, 3.05) is 6.26 Å². The van der Waals surface area contributed by atoms with E-state index in [2.05, 4.69) is 15.5 Å². The molecule has 2 N–H and O–H groups in total. The largest absolute Gasteiger partial charge is 0.481 e. The molecule has 0 radical (unpaired) electrons. The SMILES string of the molecule is CSc1ccc(C(CC(=O)O)NC(=O)c2cc(C)nc3onc(C)c23)cc1. The second-order valence-electron chi connectivity index (χ2n) is 6.16. The van der Waals surface area contributed by atoms with Crippen molar-refractivity contribution in [3.8, 4) is 0 Å². The number of benzene rings is 1. The number of rotatable bonds is 6. The maximum atomic E-state index is 12.9. The summed E-state index contributed by atoms with van der Waals surface area (Å²) in [6.07, 6.45) is 1.74. The van der Waals surface area contributed by atoms with Gasteiger partial charge in [-0.15, -0.1) is 11.8 Å². The number of amides is 1. The monoisotopic (exact) mass is 385 g/mol. The minimum atomic E-state index is -0.994. The first-order valence-electron chi connectivity index (χ1n) is 8.29. The molecule has 3 rings (SSSR count). The quantitative estimate of drug-likeness (QED) is 0.626. The van der Waals surface area contributed by atoms with Gasteiger partial charge in [-0.2, -0.15) is 0 Å². The molecule has 27 heavy (non-hydrogen) atoms. The smallest absolute Gasteiger partial charge is 0.305 e. The number of fused-ring (bicyclic) bond motifs is 1. The number of aryl methyl sites for hydroxylation is 2. The first kappa shape index (κ1) is 18.9. The normalized spacial score (nSPS) is 12.1. The van der Waals surface area contributed by atoms with E-state index in [1.54, 1.807) is 31.7 Å². The van der Waals surface area contributed by atoms with Crippen molar-refractivity contribution >= 4 is 34.7 Å². The average molecular weight is 385 g/mol. The van der Waals surface area contributed by atoms with Gasteiger partial charge in [-0.05, 0) is 43.9 Å². The van der Waals surface area contributed by atoms with Crippen LogP contribution in [0.1, 0.15) is 39.8 Å². The third-order valence-corrected chi connectivity index (χ3v) is 4.94. The molecule has 0 saturated carbocycles. The van der Waals surface area contributed by atoms with E-state index >= 15 is 0 Å². The maximum absolute atomic E-state index is 12.9. The van der Waals surface area contributed by atoms with Gasteiger partial charge >= 0.3 is 5.97 Å². The molecule has 0 bridgehead atoms. The highest BCUT2D eigenvalue weighted by Gasteiger charge is 2.23. The Morgan fingerprint density at radius 2 is 1.96 bits per heavy atom. The van der Waals surface area contributed by atoms with Crippen LogP contribution in [0.3, 0.4) is 0 Å². The Hall–Kier alpha value is -2.87. The van der Waals surface area contributed by atoms with E-state index < -0.39 is 17.9 Å². The molecule has 7 nitrogen and oxygen atoms in total. The van der Waals surface area contributed by atoms with Crippen LogP contribution in [0, 0.1) is 13.8 Å². The Kier molecular flexibility index (Phi) is 5.46. The minimum Gasteiger partial charge on any atom is -0.481 e. The van der Waals surface area contributed by atoms with Gasteiger partial charge in [0.1, 0.15) is 0 Å². The zero-order valence-corrected chi connectivity index (χ0v) is 16.0. The lowest BCUT2D eigenvalue weighted by Gasteiger charge is -2.18. The van der Waals surface area contributed by atoms with Gasteiger partial charge in [0.2, 0.25) is 0 Å². The van der Waals surface area contributed by atoms with E-state index in [9.17, 15) is 14.7 Å². The maximum Gasteiger partial charge on any atom is 0.305 e. The number of carbonyl (C=O) groups excluding carboxylic acids is 1. The lowest BCUT2D eigenvalue weighted by atomic mass is 10.0. The summed E-state index contributed by atoms with van der Waals surface area (Å²) < 4.78 is 5.16. The fourth-order valence-corrected chi connectivity index (χ4v) is 3.30. The van der Waals surface area contributed by atoms with Crippen molar-refractivity contribution in [2.45, 2.75) is 31.2 Å². The molecule has 0 aliphatic carbocycles. The number of aliphatic carboxylic acids is 1. The minimum absolute atomic E-state index is 0.222. The first-order valence-corrected chi connectivity index (χ1v) is 9.51. The molecule has 1 aromatic carbocycles. The van der Waals surface area contributed by atoms with Gasteiger partial charge in [0.25, 0.3) is 11.6 Å². The van der Waals surface area contributed by atoms with E-state index in [0.717, 1.165) is 10.5 Å². The highest BCUT2D eigenvalue weighted by atomic mass is 32.2. The molecule has 0 aliphatic heterocycles. The number of carboxylic acid groups (broad SMARTS) is 1. The fraction of sp³-hybridized carbons (Fsp3) is 0.263. The summed E-state index contributed by atoms with van der Waals surface area (Å²) >= 11 is 1.59. The van der Waals surface area contributed by atoms with Crippen LogP contribution in [-0.2, 0) is 4.79 Å². The van der Waals surface area contributed by atoms with E-state index in [0.29, 0.717) is 22.3 Å². The Morgan fingerprint density at radius 1 is 1.26 bits per heavy atom. The van der Waals surface area contributed by atoms with Crippen molar-refractivity contribution < 1.29 is 19.2 Å². The van der Waals surface area contributed by atoms with Crippen molar-refractivity contribution in [1.29, 1.82) is 0 Å². The molecule has 0 aliphatic rings. The van der Waals surface area contributed by atoms with E-state index in [1.807, 2.05) is 30.5 Å². The highest BCUT2D eigenvalue weighted by molar-refractivity contribution is 7.98. The van der Waals surface area contributed by atoms with Crippen LogP contribution >= 0.6 is 11.8 Å². The van der Waals surface area contributed by atoms with Gasteiger partial charge in [0.05, 0.1) is 29.1 Å². The Morgan fingerprint density at radius 3 is 2.59 bits per heavy atom. The van der Waals surface area contributed by atoms with Crippen LogP contribution in [0.15, 0.2) is 39.8 Å². The summed E-state index contributed by atoms with van der Waals surface area (Å²) in [5.74, 6) is -1.39. The van der Waals surface area contributed by atoms with Gasteiger partial charge in [-0.3, -0.25) is 9.59 Å². The number of carbonyl (C=O) groups is 2. The topological polar surface area (TPSA) is 105 Å². The third kappa shape index (κ3) is 4.11. The molecular weight excluding hydrogens is 366 g/mol. The number of thioether (sulfide) groups is 1. The van der Waals surface area contributed by atoms with E-state index in [1.165, 1.54) is 0 Å². The molecule has 0 saturated heterocycles. The van der Waals surface area contributed by atoms with Crippen molar-refractivity contribution in [1.82, 2.24) is 15.5 Å². The van der Waals surface area contributed by atoms with Crippen molar-refractivity contribution in [3.05, 3.63) is 52.8 Å². The standard InChI is InChI=1S/C19H19N3O4S/c1-10-8-14(17-11(2)22-26-19(17)20-10)18(25)21-15(9-16(23)24)12-4-6-13(27-3)7-5-12/h4-8,15H,9H2,1-3H3,(H,21,25)(H,23,24). The average Bonchev–Trinajstić information content (AvgIpc) is 3.00. The lowest BCUT2D eigenvalue weighted by molar-refractivity contribution is -0.137. The lowest BCUT2D eigenvalue weighted by Crippen LogP contribution is -2.30. The highest BCUT2D eigenvalue weighted by Crippen LogP contribution is 2.25. The number of aromatic nitrogens is 2. The third-order valence-electron chi connectivity index (χ3n) is 4.19.